The molecule has 0 saturated heterocycles. The van der Waals surface area contributed by atoms with Crippen molar-refractivity contribution in [3.05, 3.63) is 70.5 Å². The van der Waals surface area contributed by atoms with Gasteiger partial charge in [-0.25, -0.2) is 4.39 Å². The molecule has 3 nitrogen and oxygen atoms in total. The molecule has 0 aromatic heterocycles. The topological polar surface area (TPSA) is 38.7 Å². The van der Waals surface area contributed by atoms with Crippen LogP contribution in [0.4, 0.5) is 4.39 Å². The van der Waals surface area contributed by atoms with Crippen LogP contribution in [0.15, 0.2) is 58.1 Å². The number of hydrogen-bond acceptors (Lipinski definition) is 4. The Hall–Kier alpha value is -2.66. The number of rotatable bonds is 7. The monoisotopic (exact) mass is 381 g/mol. The van der Waals surface area contributed by atoms with Gasteiger partial charge in [0.05, 0.1) is 0 Å². The summed E-state index contributed by atoms with van der Waals surface area (Å²) in [5, 5.41) is 3.55. The van der Waals surface area contributed by atoms with Crippen molar-refractivity contribution in [2.45, 2.75) is 18.2 Å². The van der Waals surface area contributed by atoms with E-state index in [0.717, 1.165) is 39.6 Å². The van der Waals surface area contributed by atoms with E-state index in [0.29, 0.717) is 19.3 Å². The minimum absolute atomic E-state index is 0.260. The average molecular weight is 381 g/mol. The molecule has 0 saturated carbocycles. The Balaban J connectivity index is 1.94. The summed E-state index contributed by atoms with van der Waals surface area (Å²) in [5.41, 5.74) is 6.25. The van der Waals surface area contributed by atoms with Crippen molar-refractivity contribution in [3.8, 4) is 0 Å². The van der Waals surface area contributed by atoms with Gasteiger partial charge in [-0.1, -0.05) is 23.4 Å². The first-order valence-corrected chi connectivity index (χ1v) is 9.81. The van der Waals surface area contributed by atoms with E-state index < -0.39 is 0 Å². The first kappa shape index (κ1) is 19.1. The summed E-state index contributed by atoms with van der Waals surface area (Å²) in [7, 11) is 0. The fraction of sp³-hybridized carbons (Fsp3) is 0.182. The van der Waals surface area contributed by atoms with Crippen molar-refractivity contribution in [1.29, 1.82) is 0 Å². The predicted molar refractivity (Wildman–Crippen MR) is 110 cm³/mol. The van der Waals surface area contributed by atoms with Crippen LogP contribution in [0.1, 0.15) is 30.0 Å². The quantitative estimate of drug-likeness (QED) is 0.210. The Kier molecular flexibility index (Phi) is 6.24. The minimum atomic E-state index is -0.260. The zero-order chi connectivity index (χ0) is 19.2. The van der Waals surface area contributed by atoms with E-state index in [9.17, 15) is 9.18 Å². The summed E-state index contributed by atoms with van der Waals surface area (Å²) in [6, 6.07) is 13.3. The summed E-state index contributed by atoms with van der Waals surface area (Å²) in [6.45, 7) is 2.37. The molecule has 0 aliphatic heterocycles. The highest BCUT2D eigenvalue weighted by Crippen LogP contribution is 2.43. The Bertz CT molecular complexity index is 930. The maximum Gasteiger partial charge on any atom is 0.164 e. The molecule has 0 atom stereocenters. The summed E-state index contributed by atoms with van der Waals surface area (Å²) < 4.78 is 13.9. The maximum absolute atomic E-state index is 13.9. The Labute approximate surface area is 162 Å². The van der Waals surface area contributed by atoms with Crippen LogP contribution in [0.5, 0.6) is 0 Å². The lowest BCUT2D eigenvalue weighted by Gasteiger charge is -2.05. The lowest BCUT2D eigenvalue weighted by atomic mass is 10.0. The molecule has 0 amide bonds. The smallest absolute Gasteiger partial charge is 0.164 e. The van der Waals surface area contributed by atoms with Gasteiger partial charge in [0, 0.05) is 11.3 Å². The lowest BCUT2D eigenvalue weighted by molar-refractivity contribution is -0.102. The van der Waals surface area contributed by atoms with Gasteiger partial charge in [0.1, 0.15) is 18.6 Å². The summed E-state index contributed by atoms with van der Waals surface area (Å²) >= 11 is 1.71. The zero-order valence-corrected chi connectivity index (χ0v) is 16.1. The summed E-state index contributed by atoms with van der Waals surface area (Å²) in [6.07, 6.45) is 6.40. The minimum Gasteiger partial charge on any atom is -0.395 e. The van der Waals surface area contributed by atoms with Gasteiger partial charge in [0.25, 0.3) is 0 Å². The molecular formula is C22H20FNO2S. The fourth-order valence-electron chi connectivity index (χ4n) is 3.21. The van der Waals surface area contributed by atoms with Crippen LogP contribution < -0.4 is 0 Å². The second-order valence-electron chi connectivity index (χ2n) is 6.10. The Morgan fingerprint density at radius 2 is 1.93 bits per heavy atom. The number of fused-ring (bicyclic) bond motifs is 1. The highest BCUT2D eigenvalue weighted by atomic mass is 32.2. The second-order valence-corrected chi connectivity index (χ2v) is 6.98. The van der Waals surface area contributed by atoms with E-state index in [2.05, 4.69) is 41.8 Å². The van der Waals surface area contributed by atoms with Gasteiger partial charge in [0.15, 0.2) is 6.29 Å². The molecule has 3 rings (SSSR count). The number of aldehydes is 1. The first-order valence-electron chi connectivity index (χ1n) is 8.59. The van der Waals surface area contributed by atoms with Gasteiger partial charge in [0.2, 0.25) is 0 Å². The first-order chi connectivity index (χ1) is 13.1. The van der Waals surface area contributed by atoms with Crippen LogP contribution in [0.3, 0.4) is 0 Å². The van der Waals surface area contributed by atoms with E-state index in [-0.39, 0.29) is 5.82 Å². The number of carbonyl (C=O) groups is 1. The standard InChI is InChI=1S/C22H20FNO2S/c1-15-19(9-12-26-24-10-11-25)22-14-17(23)5-8-20(22)21(15)13-16-3-6-18(27-2)7-4-16/h3-8,10-11,13-14H,9,12H2,1-2H3/b21-13-,24-10?. The van der Waals surface area contributed by atoms with Crippen molar-refractivity contribution in [2.24, 2.45) is 5.16 Å². The third kappa shape index (κ3) is 4.37. The number of allylic oxidation sites excluding steroid dienone is 2. The Morgan fingerprint density at radius 3 is 2.63 bits per heavy atom. The third-order valence-electron chi connectivity index (χ3n) is 4.52. The molecule has 138 valence electrons. The molecule has 0 radical (unpaired) electrons. The molecule has 0 unspecified atom stereocenters. The summed E-state index contributed by atoms with van der Waals surface area (Å²) in [5.74, 6) is -0.260. The number of nitrogens with zero attached hydrogens (tertiary/aromatic N) is 1. The van der Waals surface area contributed by atoms with Crippen LogP contribution in [0, 0.1) is 5.82 Å². The maximum atomic E-state index is 13.9. The van der Waals surface area contributed by atoms with Gasteiger partial charge in [-0.05, 0) is 76.9 Å². The van der Waals surface area contributed by atoms with E-state index >= 15 is 0 Å². The number of carbonyl (C=O) groups excluding carboxylic acids is 1. The third-order valence-corrected chi connectivity index (χ3v) is 5.26. The van der Waals surface area contributed by atoms with Crippen molar-refractivity contribution >= 4 is 41.5 Å². The molecule has 0 bridgehead atoms. The SMILES string of the molecule is CSc1ccc(/C=C2/C(C)=C(CCON=CC=O)c3cc(F)ccc32)cc1. The largest absolute Gasteiger partial charge is 0.395 e. The van der Waals surface area contributed by atoms with E-state index in [1.54, 1.807) is 17.8 Å². The zero-order valence-electron chi connectivity index (χ0n) is 15.2. The van der Waals surface area contributed by atoms with E-state index in [1.807, 2.05) is 13.0 Å². The molecule has 0 heterocycles. The normalized spacial score (nSPS) is 14.9. The number of hydrogen-bond donors (Lipinski definition) is 0. The van der Waals surface area contributed by atoms with Gasteiger partial charge < -0.3 is 4.84 Å². The fourth-order valence-corrected chi connectivity index (χ4v) is 3.62. The van der Waals surface area contributed by atoms with Crippen LogP contribution in [-0.4, -0.2) is 25.4 Å². The molecule has 27 heavy (non-hydrogen) atoms. The Morgan fingerprint density at radius 1 is 1.15 bits per heavy atom. The van der Waals surface area contributed by atoms with Gasteiger partial charge >= 0.3 is 0 Å². The molecule has 5 heteroatoms. The van der Waals surface area contributed by atoms with Crippen molar-refractivity contribution < 1.29 is 14.0 Å². The summed E-state index contributed by atoms with van der Waals surface area (Å²) in [4.78, 5) is 16.6. The van der Waals surface area contributed by atoms with Gasteiger partial charge in [-0.3, -0.25) is 4.79 Å². The van der Waals surface area contributed by atoms with Gasteiger partial charge in [-0.15, -0.1) is 11.8 Å². The number of oxime groups is 1. The van der Waals surface area contributed by atoms with Crippen molar-refractivity contribution in [1.82, 2.24) is 0 Å². The number of benzene rings is 2. The molecule has 0 N–H and O–H groups in total. The van der Waals surface area contributed by atoms with Crippen molar-refractivity contribution in [3.63, 3.8) is 0 Å². The van der Waals surface area contributed by atoms with Crippen molar-refractivity contribution in [2.75, 3.05) is 12.9 Å². The molecule has 2 aromatic rings. The molecule has 0 spiro atoms. The average Bonchev–Trinajstić information content (AvgIpc) is 2.93. The van der Waals surface area contributed by atoms with Crippen LogP contribution >= 0.6 is 11.8 Å². The molecule has 1 aliphatic rings. The van der Waals surface area contributed by atoms with Gasteiger partial charge in [-0.2, -0.15) is 0 Å². The van der Waals surface area contributed by atoms with Crippen LogP contribution in [-0.2, 0) is 9.63 Å². The second kappa shape index (κ2) is 8.82. The molecular weight excluding hydrogens is 361 g/mol. The predicted octanol–water partition coefficient (Wildman–Crippen LogP) is 5.47. The molecule has 2 aromatic carbocycles. The van der Waals surface area contributed by atoms with Crippen LogP contribution in [0.25, 0.3) is 17.2 Å². The van der Waals surface area contributed by atoms with E-state index in [1.165, 1.54) is 11.0 Å². The molecule has 0 fully saturated rings. The van der Waals surface area contributed by atoms with Crippen LogP contribution in [0.2, 0.25) is 0 Å². The molecule has 1 aliphatic carbocycles. The van der Waals surface area contributed by atoms with E-state index in [4.69, 9.17) is 4.84 Å². The highest BCUT2D eigenvalue weighted by Gasteiger charge is 2.24. The highest BCUT2D eigenvalue weighted by molar-refractivity contribution is 7.98. The lowest BCUT2D eigenvalue weighted by Crippen LogP contribution is -1.93. The number of halogens is 1. The number of thioether (sulfide) groups is 1.